The van der Waals surface area contributed by atoms with Gasteiger partial charge in [0.05, 0.1) is 11.0 Å². The van der Waals surface area contributed by atoms with E-state index in [4.69, 9.17) is 10.2 Å². The largest absolute Gasteiger partial charge is 0.479 e. The zero-order valence-corrected chi connectivity index (χ0v) is 7.25. The molecule has 15 heavy (non-hydrogen) atoms. The van der Waals surface area contributed by atoms with Crippen molar-refractivity contribution in [3.8, 4) is 0 Å². The Kier molecular flexibility index (Phi) is 2.96. The molecule has 1 aromatic carbocycles. The van der Waals surface area contributed by atoms with Crippen LogP contribution in [0.4, 0.5) is 10.1 Å². The molecule has 0 bridgehead atoms. The van der Waals surface area contributed by atoms with Crippen molar-refractivity contribution < 1.29 is 24.3 Å². The molecule has 1 unspecified atom stereocenters. The molecule has 0 fully saturated rings. The highest BCUT2D eigenvalue weighted by Gasteiger charge is 2.21. The maximum atomic E-state index is 13.1. The number of carbonyl (C=O) groups is 1. The summed E-state index contributed by atoms with van der Waals surface area (Å²) in [5, 5.41) is 27.6. The average Bonchev–Trinajstić information content (AvgIpc) is 2.16. The van der Waals surface area contributed by atoms with Crippen LogP contribution in [0.2, 0.25) is 0 Å². The fourth-order valence-corrected chi connectivity index (χ4v) is 0.984. The van der Waals surface area contributed by atoms with Crippen LogP contribution in [-0.2, 0) is 4.79 Å². The summed E-state index contributed by atoms with van der Waals surface area (Å²) in [4.78, 5) is 19.7. The van der Waals surface area contributed by atoms with Crippen molar-refractivity contribution in [2.45, 2.75) is 6.10 Å². The van der Waals surface area contributed by atoms with Gasteiger partial charge in [-0.15, -0.1) is 0 Å². The molecule has 0 spiro atoms. The Morgan fingerprint density at radius 1 is 1.53 bits per heavy atom. The van der Waals surface area contributed by atoms with E-state index in [1.54, 1.807) is 0 Å². The van der Waals surface area contributed by atoms with E-state index in [0.717, 1.165) is 12.1 Å². The number of hydrogen-bond acceptors (Lipinski definition) is 4. The number of hydrogen-bond donors (Lipinski definition) is 2. The maximum absolute atomic E-state index is 13.1. The van der Waals surface area contributed by atoms with Crippen LogP contribution < -0.4 is 0 Å². The van der Waals surface area contributed by atoms with E-state index in [1.165, 1.54) is 0 Å². The molecule has 1 atom stereocenters. The normalized spacial score (nSPS) is 12.1. The number of aliphatic carboxylic acids is 1. The molecule has 7 heteroatoms. The van der Waals surface area contributed by atoms with Gasteiger partial charge in [0.2, 0.25) is 0 Å². The Labute approximate surface area is 82.7 Å². The summed E-state index contributed by atoms with van der Waals surface area (Å²) in [6, 6.07) is 2.35. The van der Waals surface area contributed by atoms with Crippen LogP contribution in [0.5, 0.6) is 0 Å². The van der Waals surface area contributed by atoms with E-state index >= 15 is 0 Å². The fraction of sp³-hybridized carbons (Fsp3) is 0.125. The summed E-state index contributed by atoms with van der Waals surface area (Å²) in [5.74, 6) is -2.75. The third-order valence-electron chi connectivity index (χ3n) is 1.72. The van der Waals surface area contributed by atoms with Gasteiger partial charge in [-0.1, -0.05) is 0 Å². The summed E-state index contributed by atoms with van der Waals surface area (Å²) in [5.41, 5.74) is -1.01. The van der Waals surface area contributed by atoms with Crippen molar-refractivity contribution in [3.05, 3.63) is 39.7 Å². The van der Waals surface area contributed by atoms with Crippen molar-refractivity contribution in [3.63, 3.8) is 0 Å². The first kappa shape index (κ1) is 11.1. The third-order valence-corrected chi connectivity index (χ3v) is 1.72. The predicted octanol–water partition coefficient (Wildman–Crippen LogP) is 0.852. The Hall–Kier alpha value is -2.02. The molecule has 0 radical (unpaired) electrons. The van der Waals surface area contributed by atoms with Crippen molar-refractivity contribution in [2.75, 3.05) is 0 Å². The third kappa shape index (κ3) is 2.26. The van der Waals surface area contributed by atoms with Crippen LogP contribution >= 0.6 is 0 Å². The number of benzene rings is 1. The molecule has 0 aliphatic heterocycles. The van der Waals surface area contributed by atoms with Gasteiger partial charge in [-0.25, -0.2) is 9.18 Å². The van der Waals surface area contributed by atoms with Crippen LogP contribution in [0.3, 0.4) is 0 Å². The second-order valence-electron chi connectivity index (χ2n) is 2.70. The van der Waals surface area contributed by atoms with Gasteiger partial charge in [0.15, 0.2) is 6.10 Å². The van der Waals surface area contributed by atoms with Crippen LogP contribution in [0.1, 0.15) is 11.7 Å². The Morgan fingerprint density at radius 3 is 2.53 bits per heavy atom. The summed E-state index contributed by atoms with van der Waals surface area (Å²) < 4.78 is 13.1. The summed E-state index contributed by atoms with van der Waals surface area (Å²) in [6.45, 7) is 0. The maximum Gasteiger partial charge on any atom is 0.337 e. The smallest absolute Gasteiger partial charge is 0.337 e. The molecule has 0 aromatic heterocycles. The molecular formula is C8H6FNO5. The molecular weight excluding hydrogens is 209 g/mol. The van der Waals surface area contributed by atoms with E-state index in [0.29, 0.717) is 6.07 Å². The van der Waals surface area contributed by atoms with Crippen LogP contribution in [0.15, 0.2) is 18.2 Å². The van der Waals surface area contributed by atoms with Crippen molar-refractivity contribution in [2.24, 2.45) is 0 Å². The molecule has 0 saturated carbocycles. The molecule has 6 nitrogen and oxygen atoms in total. The minimum atomic E-state index is -2.02. The molecule has 0 saturated heterocycles. The minimum Gasteiger partial charge on any atom is -0.479 e. The molecule has 0 amide bonds. The number of carboxylic acid groups (broad SMARTS) is 1. The Morgan fingerprint density at radius 2 is 2.13 bits per heavy atom. The minimum absolute atomic E-state index is 0.506. The quantitative estimate of drug-likeness (QED) is 0.575. The van der Waals surface area contributed by atoms with E-state index in [1.807, 2.05) is 0 Å². The number of aliphatic hydroxyl groups is 1. The van der Waals surface area contributed by atoms with Crippen LogP contribution in [-0.4, -0.2) is 21.1 Å². The van der Waals surface area contributed by atoms with Crippen LogP contribution in [0, 0.1) is 15.9 Å². The summed E-state index contributed by atoms with van der Waals surface area (Å²) >= 11 is 0. The highest BCUT2D eigenvalue weighted by Crippen LogP contribution is 2.21. The number of nitro groups is 1. The lowest BCUT2D eigenvalue weighted by Crippen LogP contribution is -2.12. The summed E-state index contributed by atoms with van der Waals surface area (Å²) in [6.07, 6.45) is -2.02. The van der Waals surface area contributed by atoms with Crippen molar-refractivity contribution in [1.29, 1.82) is 0 Å². The van der Waals surface area contributed by atoms with E-state index in [2.05, 4.69) is 0 Å². The standard InChI is InChI=1S/C8H6FNO5/c9-6-3-4(10(14)15)1-2-5(6)7(11)8(12)13/h1-3,7,11H,(H,12,13). The molecule has 0 heterocycles. The summed E-state index contributed by atoms with van der Waals surface area (Å²) in [7, 11) is 0. The van der Waals surface area contributed by atoms with Crippen LogP contribution in [0.25, 0.3) is 0 Å². The molecule has 1 aromatic rings. The monoisotopic (exact) mass is 215 g/mol. The molecule has 1 rings (SSSR count). The van der Waals surface area contributed by atoms with E-state index < -0.39 is 34.1 Å². The molecule has 0 aliphatic carbocycles. The van der Waals surface area contributed by atoms with Gasteiger partial charge < -0.3 is 10.2 Å². The second kappa shape index (κ2) is 4.01. The first-order valence-corrected chi connectivity index (χ1v) is 3.78. The van der Waals surface area contributed by atoms with E-state index in [-0.39, 0.29) is 0 Å². The number of nitro benzene ring substituents is 1. The van der Waals surface area contributed by atoms with Gasteiger partial charge in [-0.3, -0.25) is 10.1 Å². The number of carboxylic acids is 1. The van der Waals surface area contributed by atoms with Crippen molar-refractivity contribution >= 4 is 11.7 Å². The van der Waals surface area contributed by atoms with Crippen molar-refractivity contribution in [1.82, 2.24) is 0 Å². The average molecular weight is 215 g/mol. The Balaban J connectivity index is 3.13. The Bertz CT molecular complexity index is 419. The topological polar surface area (TPSA) is 101 Å². The fourth-order valence-electron chi connectivity index (χ4n) is 0.984. The molecule has 2 N–H and O–H groups in total. The lowest BCUT2D eigenvalue weighted by atomic mass is 10.1. The first-order chi connectivity index (χ1) is 6.93. The highest BCUT2D eigenvalue weighted by molar-refractivity contribution is 5.74. The zero-order valence-electron chi connectivity index (χ0n) is 7.25. The number of non-ortho nitro benzene ring substituents is 1. The van der Waals surface area contributed by atoms with Gasteiger partial charge >= 0.3 is 5.97 Å². The first-order valence-electron chi connectivity index (χ1n) is 3.78. The lowest BCUT2D eigenvalue weighted by molar-refractivity contribution is -0.385. The lowest BCUT2D eigenvalue weighted by Gasteiger charge is -2.06. The number of rotatable bonds is 3. The SMILES string of the molecule is O=C(O)C(O)c1ccc([N+](=O)[O-])cc1F. The molecule has 0 aliphatic rings. The van der Waals surface area contributed by atoms with Gasteiger partial charge in [0, 0.05) is 11.6 Å². The molecule has 80 valence electrons. The van der Waals surface area contributed by atoms with Gasteiger partial charge in [0.1, 0.15) is 5.82 Å². The second-order valence-corrected chi connectivity index (χ2v) is 2.70. The van der Waals surface area contributed by atoms with E-state index in [9.17, 15) is 19.3 Å². The zero-order chi connectivity index (χ0) is 11.6. The van der Waals surface area contributed by atoms with Gasteiger partial charge in [-0.05, 0) is 6.07 Å². The number of aliphatic hydroxyl groups excluding tert-OH is 1. The number of nitrogens with zero attached hydrogens (tertiary/aromatic N) is 1. The van der Waals surface area contributed by atoms with Gasteiger partial charge in [0.25, 0.3) is 5.69 Å². The predicted molar refractivity (Wildman–Crippen MR) is 45.7 cm³/mol. The number of halogens is 1. The van der Waals surface area contributed by atoms with Gasteiger partial charge in [-0.2, -0.15) is 0 Å². The highest BCUT2D eigenvalue weighted by atomic mass is 19.1.